The van der Waals surface area contributed by atoms with Gasteiger partial charge < -0.3 is 4.74 Å². The lowest BCUT2D eigenvalue weighted by Crippen LogP contribution is -1.94. The van der Waals surface area contributed by atoms with Crippen molar-refractivity contribution in [2.45, 2.75) is 0 Å². The third-order valence-corrected chi connectivity index (χ3v) is 3.14. The zero-order valence-corrected chi connectivity index (χ0v) is 12.5. The normalized spacial score (nSPS) is 10.1. The van der Waals surface area contributed by atoms with Crippen molar-refractivity contribution in [2.24, 2.45) is 0 Å². The van der Waals surface area contributed by atoms with Gasteiger partial charge in [0.25, 0.3) is 5.69 Å². The second-order valence-electron chi connectivity index (χ2n) is 3.16. The Labute approximate surface area is 124 Å². The van der Waals surface area contributed by atoms with Gasteiger partial charge in [-0.05, 0) is 44.6 Å². The summed E-state index contributed by atoms with van der Waals surface area (Å²) in [6.07, 6.45) is 3.18. The molecule has 2 aromatic rings. The molecule has 92 valence electrons. The van der Waals surface area contributed by atoms with Crippen molar-refractivity contribution in [2.75, 3.05) is 0 Å². The number of nitro benzene ring substituents is 1. The highest BCUT2D eigenvalue weighted by Gasteiger charge is 2.12. The van der Waals surface area contributed by atoms with Crippen LogP contribution in [0, 0.1) is 13.7 Å². The summed E-state index contributed by atoms with van der Waals surface area (Å²) in [6, 6.07) is 4.37. The molecule has 0 fully saturated rings. The molecule has 0 saturated carbocycles. The van der Waals surface area contributed by atoms with Crippen LogP contribution in [0.4, 0.5) is 5.69 Å². The van der Waals surface area contributed by atoms with Crippen LogP contribution >= 0.6 is 38.5 Å². The number of hydrogen-bond donors (Lipinski definition) is 0. The topological polar surface area (TPSA) is 78.2 Å². The first-order valence-corrected chi connectivity index (χ1v) is 6.53. The maximum Gasteiger partial charge on any atom is 0.321 e. The van der Waals surface area contributed by atoms with E-state index in [0.717, 1.165) is 3.57 Å². The molecule has 18 heavy (non-hydrogen) atoms. The summed E-state index contributed by atoms with van der Waals surface area (Å²) in [5.41, 5.74) is -0.0567. The molecule has 0 aliphatic carbocycles. The van der Waals surface area contributed by atoms with E-state index in [-0.39, 0.29) is 11.7 Å². The SMILES string of the molecule is O=[N+]([O-])c1ccc(Br)c(Oc2ncc(I)cn2)c1. The third-order valence-electron chi connectivity index (χ3n) is 1.92. The van der Waals surface area contributed by atoms with Gasteiger partial charge in [-0.1, -0.05) is 0 Å². The zero-order chi connectivity index (χ0) is 13.1. The number of non-ortho nitro benzene ring substituents is 1. The fourth-order valence-electron chi connectivity index (χ4n) is 1.14. The summed E-state index contributed by atoms with van der Waals surface area (Å²) in [5, 5.41) is 10.7. The van der Waals surface area contributed by atoms with Crippen molar-refractivity contribution >= 4 is 44.2 Å². The quantitative estimate of drug-likeness (QED) is 0.430. The predicted molar refractivity (Wildman–Crippen MR) is 75.6 cm³/mol. The van der Waals surface area contributed by atoms with Gasteiger partial charge in [-0.15, -0.1) is 0 Å². The largest absolute Gasteiger partial charge is 0.423 e. The Morgan fingerprint density at radius 2 is 2.00 bits per heavy atom. The monoisotopic (exact) mass is 421 g/mol. The van der Waals surface area contributed by atoms with Crippen LogP contribution in [-0.4, -0.2) is 14.9 Å². The lowest BCUT2D eigenvalue weighted by Gasteiger charge is -2.05. The van der Waals surface area contributed by atoms with Gasteiger partial charge in [0.15, 0.2) is 5.75 Å². The number of ether oxygens (including phenoxy) is 1. The Morgan fingerprint density at radius 3 is 2.61 bits per heavy atom. The van der Waals surface area contributed by atoms with Crippen LogP contribution in [0.2, 0.25) is 0 Å². The molecule has 1 heterocycles. The van der Waals surface area contributed by atoms with Gasteiger partial charge >= 0.3 is 6.01 Å². The van der Waals surface area contributed by atoms with E-state index >= 15 is 0 Å². The number of nitro groups is 1. The molecule has 6 nitrogen and oxygen atoms in total. The molecule has 0 atom stereocenters. The highest BCUT2D eigenvalue weighted by molar-refractivity contribution is 14.1. The molecular formula is C10H5BrIN3O3. The van der Waals surface area contributed by atoms with Crippen molar-refractivity contribution in [3.8, 4) is 11.8 Å². The second-order valence-corrected chi connectivity index (χ2v) is 5.26. The van der Waals surface area contributed by atoms with Crippen molar-refractivity contribution in [1.82, 2.24) is 9.97 Å². The van der Waals surface area contributed by atoms with Crippen LogP contribution in [0.3, 0.4) is 0 Å². The van der Waals surface area contributed by atoms with Crippen molar-refractivity contribution < 1.29 is 9.66 Å². The second kappa shape index (κ2) is 5.57. The smallest absolute Gasteiger partial charge is 0.321 e. The molecule has 0 saturated heterocycles. The Bertz CT molecular complexity index is 591. The van der Waals surface area contributed by atoms with Gasteiger partial charge in [0.2, 0.25) is 0 Å². The molecule has 0 N–H and O–H groups in total. The van der Waals surface area contributed by atoms with Gasteiger partial charge in [0, 0.05) is 22.0 Å². The molecule has 0 aliphatic rings. The van der Waals surface area contributed by atoms with Crippen LogP contribution in [0.25, 0.3) is 0 Å². The van der Waals surface area contributed by atoms with Gasteiger partial charge in [-0.2, -0.15) is 0 Å². The molecule has 0 spiro atoms. The summed E-state index contributed by atoms with van der Waals surface area (Å²) < 4.78 is 6.84. The van der Waals surface area contributed by atoms with Crippen molar-refractivity contribution in [3.63, 3.8) is 0 Å². The molecule has 1 aromatic heterocycles. The van der Waals surface area contributed by atoms with Crippen LogP contribution in [0.15, 0.2) is 35.1 Å². The Balaban J connectivity index is 2.30. The molecule has 8 heteroatoms. The van der Waals surface area contributed by atoms with Crippen LogP contribution in [-0.2, 0) is 0 Å². The van der Waals surface area contributed by atoms with Crippen LogP contribution in [0.5, 0.6) is 11.8 Å². The van der Waals surface area contributed by atoms with Gasteiger partial charge in [0.05, 0.1) is 15.5 Å². The summed E-state index contributed by atoms with van der Waals surface area (Å²) in [5.74, 6) is 0.297. The Morgan fingerprint density at radius 1 is 1.33 bits per heavy atom. The van der Waals surface area contributed by atoms with Crippen LogP contribution in [0.1, 0.15) is 0 Å². The van der Waals surface area contributed by atoms with Gasteiger partial charge in [-0.3, -0.25) is 10.1 Å². The lowest BCUT2D eigenvalue weighted by atomic mass is 10.3. The van der Waals surface area contributed by atoms with E-state index in [1.165, 1.54) is 12.1 Å². The first kappa shape index (κ1) is 13.1. The van der Waals surface area contributed by atoms with Crippen molar-refractivity contribution in [1.29, 1.82) is 0 Å². The minimum atomic E-state index is -0.492. The zero-order valence-electron chi connectivity index (χ0n) is 8.71. The summed E-state index contributed by atoms with van der Waals surface area (Å²) in [6.45, 7) is 0. The van der Waals surface area contributed by atoms with E-state index in [4.69, 9.17) is 4.74 Å². The maximum absolute atomic E-state index is 10.7. The first-order valence-electron chi connectivity index (χ1n) is 4.65. The maximum atomic E-state index is 10.7. The first-order chi connectivity index (χ1) is 8.56. The van der Waals surface area contributed by atoms with E-state index in [2.05, 4.69) is 48.5 Å². The molecule has 0 bridgehead atoms. The highest BCUT2D eigenvalue weighted by Crippen LogP contribution is 2.31. The minimum Gasteiger partial charge on any atom is -0.423 e. The van der Waals surface area contributed by atoms with E-state index in [1.807, 2.05) is 0 Å². The molecule has 0 aliphatic heterocycles. The third kappa shape index (κ3) is 3.13. The summed E-state index contributed by atoms with van der Waals surface area (Å²) in [4.78, 5) is 18.1. The minimum absolute atomic E-state index is 0.0567. The Kier molecular flexibility index (Phi) is 4.07. The summed E-state index contributed by atoms with van der Waals surface area (Å²) >= 11 is 5.32. The average Bonchev–Trinajstić information content (AvgIpc) is 2.34. The van der Waals surface area contributed by atoms with Gasteiger partial charge in [-0.25, -0.2) is 9.97 Å². The standard InChI is InChI=1S/C10H5BrIN3O3/c11-8-2-1-7(15(16)17)3-9(8)18-10-13-4-6(12)5-14-10/h1-5H. The van der Waals surface area contributed by atoms with E-state index < -0.39 is 4.92 Å². The number of rotatable bonds is 3. The van der Waals surface area contributed by atoms with Crippen molar-refractivity contribution in [3.05, 3.63) is 48.8 Å². The number of benzene rings is 1. The molecule has 0 radical (unpaired) electrons. The van der Waals surface area contributed by atoms with E-state index in [1.54, 1.807) is 18.5 Å². The molecule has 0 unspecified atom stereocenters. The number of aromatic nitrogens is 2. The highest BCUT2D eigenvalue weighted by atomic mass is 127. The lowest BCUT2D eigenvalue weighted by molar-refractivity contribution is -0.384. The fraction of sp³-hybridized carbons (Fsp3) is 0. The fourth-order valence-corrected chi connectivity index (χ4v) is 1.74. The number of nitrogens with zero attached hydrogens (tertiary/aromatic N) is 3. The Hall–Kier alpha value is -1.29. The molecule has 1 aromatic carbocycles. The van der Waals surface area contributed by atoms with Crippen LogP contribution < -0.4 is 4.74 Å². The predicted octanol–water partition coefficient (Wildman–Crippen LogP) is 3.54. The molecular weight excluding hydrogens is 417 g/mol. The average molecular weight is 422 g/mol. The number of halogens is 2. The van der Waals surface area contributed by atoms with Gasteiger partial charge in [0.1, 0.15) is 0 Å². The molecule has 0 amide bonds. The molecule has 2 rings (SSSR count). The van der Waals surface area contributed by atoms with E-state index in [9.17, 15) is 10.1 Å². The van der Waals surface area contributed by atoms with E-state index in [0.29, 0.717) is 10.2 Å². The number of hydrogen-bond acceptors (Lipinski definition) is 5. The summed E-state index contributed by atoms with van der Waals surface area (Å²) in [7, 11) is 0.